The van der Waals surface area contributed by atoms with E-state index in [0.717, 1.165) is 6.54 Å². The van der Waals surface area contributed by atoms with Gasteiger partial charge in [-0.15, -0.1) is 0 Å². The molecule has 0 bridgehead atoms. The van der Waals surface area contributed by atoms with Gasteiger partial charge in [-0.1, -0.05) is 18.7 Å². The van der Waals surface area contributed by atoms with Crippen molar-refractivity contribution >= 4 is 16.9 Å². The van der Waals surface area contributed by atoms with E-state index in [2.05, 4.69) is 6.92 Å². The minimum absolute atomic E-state index is 0.647. The van der Waals surface area contributed by atoms with Gasteiger partial charge in [0.05, 0.1) is 0 Å². The van der Waals surface area contributed by atoms with Gasteiger partial charge < -0.3 is 4.90 Å². The summed E-state index contributed by atoms with van der Waals surface area (Å²) in [6, 6.07) is 0. The molecule has 0 saturated carbocycles. The van der Waals surface area contributed by atoms with Crippen molar-refractivity contribution < 1.29 is 0 Å². The maximum absolute atomic E-state index is 7.41. The third-order valence-corrected chi connectivity index (χ3v) is 2.70. The van der Waals surface area contributed by atoms with Gasteiger partial charge in [0.2, 0.25) is 0 Å². The second kappa shape index (κ2) is 2.60. The standard InChI is InChI=1S/C6H12N2S/c1-5-3-4-8(2)6(7)9-5/h5,7H,3-4H2,1-2H3. The molecule has 0 aromatic heterocycles. The molecule has 1 aliphatic heterocycles. The van der Waals surface area contributed by atoms with Gasteiger partial charge in [-0.2, -0.15) is 0 Å². The summed E-state index contributed by atoms with van der Waals surface area (Å²) in [6.45, 7) is 3.22. The molecule has 9 heavy (non-hydrogen) atoms. The van der Waals surface area contributed by atoms with Crippen LogP contribution in [0, 0.1) is 5.41 Å². The second-order valence-corrected chi connectivity index (χ2v) is 3.87. The molecule has 0 radical (unpaired) electrons. The summed E-state index contributed by atoms with van der Waals surface area (Å²) in [5.41, 5.74) is 0. The van der Waals surface area contributed by atoms with E-state index in [1.807, 2.05) is 11.9 Å². The number of hydrogen-bond acceptors (Lipinski definition) is 2. The first-order chi connectivity index (χ1) is 4.20. The Hall–Kier alpha value is -0.180. The third kappa shape index (κ3) is 1.61. The lowest BCUT2D eigenvalue weighted by molar-refractivity contribution is 0.484. The third-order valence-electron chi connectivity index (χ3n) is 1.53. The molecule has 3 heteroatoms. The first-order valence-electron chi connectivity index (χ1n) is 3.16. The lowest BCUT2D eigenvalue weighted by Crippen LogP contribution is -2.32. The zero-order valence-corrected chi connectivity index (χ0v) is 6.66. The van der Waals surface area contributed by atoms with Crippen LogP contribution in [0.15, 0.2) is 0 Å². The fourth-order valence-electron chi connectivity index (χ4n) is 0.816. The Morgan fingerprint density at radius 3 is 2.89 bits per heavy atom. The van der Waals surface area contributed by atoms with Gasteiger partial charge in [-0.05, 0) is 6.42 Å². The molecule has 0 spiro atoms. The van der Waals surface area contributed by atoms with E-state index in [-0.39, 0.29) is 0 Å². The minimum Gasteiger partial charge on any atom is -0.355 e. The van der Waals surface area contributed by atoms with Crippen LogP contribution in [-0.2, 0) is 0 Å². The summed E-state index contributed by atoms with van der Waals surface area (Å²) in [5, 5.41) is 8.78. The number of rotatable bonds is 0. The number of nitrogens with zero attached hydrogens (tertiary/aromatic N) is 1. The van der Waals surface area contributed by atoms with E-state index in [0.29, 0.717) is 10.4 Å². The molecule has 0 amide bonds. The van der Waals surface area contributed by atoms with E-state index < -0.39 is 0 Å². The van der Waals surface area contributed by atoms with Crippen molar-refractivity contribution in [2.45, 2.75) is 18.6 Å². The molecule has 0 aromatic carbocycles. The Morgan fingerprint density at radius 1 is 1.78 bits per heavy atom. The Balaban J connectivity index is 2.44. The van der Waals surface area contributed by atoms with Crippen molar-refractivity contribution in [2.75, 3.05) is 13.6 Å². The van der Waals surface area contributed by atoms with E-state index >= 15 is 0 Å². The van der Waals surface area contributed by atoms with E-state index in [1.165, 1.54) is 6.42 Å². The lowest BCUT2D eigenvalue weighted by atomic mass is 10.3. The molecule has 1 aliphatic rings. The van der Waals surface area contributed by atoms with Gasteiger partial charge in [0.15, 0.2) is 5.17 Å². The molecule has 1 fully saturated rings. The molecule has 1 rings (SSSR count). The van der Waals surface area contributed by atoms with Crippen LogP contribution >= 0.6 is 11.8 Å². The van der Waals surface area contributed by atoms with Crippen LogP contribution in [0.4, 0.5) is 0 Å². The topological polar surface area (TPSA) is 27.1 Å². The lowest BCUT2D eigenvalue weighted by Gasteiger charge is -2.27. The predicted octanol–water partition coefficient (Wildman–Crippen LogP) is 1.38. The smallest absolute Gasteiger partial charge is 0.156 e. The van der Waals surface area contributed by atoms with Gasteiger partial charge in [-0.3, -0.25) is 5.41 Å². The molecular formula is C6H12N2S. The van der Waals surface area contributed by atoms with Crippen molar-refractivity contribution in [1.82, 2.24) is 4.90 Å². The van der Waals surface area contributed by atoms with Crippen LogP contribution < -0.4 is 0 Å². The molecule has 1 heterocycles. The van der Waals surface area contributed by atoms with Gasteiger partial charge in [-0.25, -0.2) is 0 Å². The van der Waals surface area contributed by atoms with Crippen LogP contribution in [-0.4, -0.2) is 28.9 Å². The Bertz CT molecular complexity index is 124. The fraction of sp³-hybridized carbons (Fsp3) is 0.833. The van der Waals surface area contributed by atoms with Crippen molar-refractivity contribution in [3.8, 4) is 0 Å². The summed E-state index contributed by atoms with van der Waals surface area (Å²) in [5.74, 6) is 0. The quantitative estimate of drug-likeness (QED) is 0.556. The SMILES string of the molecule is CC1CCN(C)C(=N)S1. The summed E-state index contributed by atoms with van der Waals surface area (Å²) in [6.07, 6.45) is 1.21. The summed E-state index contributed by atoms with van der Waals surface area (Å²) >= 11 is 1.66. The zero-order chi connectivity index (χ0) is 6.85. The van der Waals surface area contributed by atoms with Crippen LogP contribution in [0.1, 0.15) is 13.3 Å². The summed E-state index contributed by atoms with van der Waals surface area (Å²) in [7, 11) is 1.97. The predicted molar refractivity (Wildman–Crippen MR) is 42.0 cm³/mol. The summed E-state index contributed by atoms with van der Waals surface area (Å²) < 4.78 is 0. The normalized spacial score (nSPS) is 28.9. The highest BCUT2D eigenvalue weighted by Crippen LogP contribution is 2.21. The fourth-order valence-corrected chi connectivity index (χ4v) is 1.69. The van der Waals surface area contributed by atoms with E-state index in [4.69, 9.17) is 5.41 Å². The van der Waals surface area contributed by atoms with E-state index in [9.17, 15) is 0 Å². The molecule has 1 unspecified atom stereocenters. The maximum Gasteiger partial charge on any atom is 0.156 e. The molecule has 0 aliphatic carbocycles. The van der Waals surface area contributed by atoms with Gasteiger partial charge in [0.25, 0.3) is 0 Å². The highest BCUT2D eigenvalue weighted by atomic mass is 32.2. The van der Waals surface area contributed by atoms with Gasteiger partial charge in [0.1, 0.15) is 0 Å². The Morgan fingerprint density at radius 2 is 2.44 bits per heavy atom. The largest absolute Gasteiger partial charge is 0.355 e. The molecule has 1 saturated heterocycles. The van der Waals surface area contributed by atoms with E-state index in [1.54, 1.807) is 11.8 Å². The number of nitrogens with one attached hydrogen (secondary N) is 1. The second-order valence-electron chi connectivity index (χ2n) is 2.44. The van der Waals surface area contributed by atoms with Crippen LogP contribution in [0.2, 0.25) is 0 Å². The monoisotopic (exact) mass is 144 g/mol. The zero-order valence-electron chi connectivity index (χ0n) is 5.85. The average molecular weight is 144 g/mol. The van der Waals surface area contributed by atoms with Crippen molar-refractivity contribution in [3.63, 3.8) is 0 Å². The maximum atomic E-state index is 7.41. The first-order valence-corrected chi connectivity index (χ1v) is 4.04. The van der Waals surface area contributed by atoms with Gasteiger partial charge in [0, 0.05) is 18.8 Å². The molecule has 1 N–H and O–H groups in total. The molecular weight excluding hydrogens is 132 g/mol. The molecule has 1 atom stereocenters. The van der Waals surface area contributed by atoms with Crippen LogP contribution in [0.3, 0.4) is 0 Å². The number of hydrogen-bond donors (Lipinski definition) is 1. The van der Waals surface area contributed by atoms with Crippen molar-refractivity contribution in [3.05, 3.63) is 0 Å². The van der Waals surface area contributed by atoms with Gasteiger partial charge >= 0.3 is 0 Å². The Labute approximate surface area is 60.1 Å². The first kappa shape index (κ1) is 6.93. The average Bonchev–Trinajstić information content (AvgIpc) is 1.80. The van der Waals surface area contributed by atoms with Crippen LogP contribution in [0.5, 0.6) is 0 Å². The molecule has 2 nitrogen and oxygen atoms in total. The highest BCUT2D eigenvalue weighted by molar-refractivity contribution is 8.14. The minimum atomic E-state index is 0.647. The highest BCUT2D eigenvalue weighted by Gasteiger charge is 2.16. The summed E-state index contributed by atoms with van der Waals surface area (Å²) in [4.78, 5) is 1.99. The molecule has 52 valence electrons. The number of amidine groups is 1. The van der Waals surface area contributed by atoms with Crippen molar-refractivity contribution in [2.24, 2.45) is 0 Å². The number of thioether (sulfide) groups is 1. The van der Waals surface area contributed by atoms with Crippen LogP contribution in [0.25, 0.3) is 0 Å². The Kier molecular flexibility index (Phi) is 2.01. The van der Waals surface area contributed by atoms with Crippen molar-refractivity contribution in [1.29, 1.82) is 5.41 Å². The molecule has 0 aromatic rings.